The first kappa shape index (κ1) is 15.6. The van der Waals surface area contributed by atoms with Gasteiger partial charge in [0, 0.05) is 0 Å². The molecule has 1 saturated carbocycles. The third-order valence-electron chi connectivity index (χ3n) is 3.60. The quantitative estimate of drug-likeness (QED) is 0.749. The van der Waals surface area contributed by atoms with Crippen LogP contribution in [0.2, 0.25) is 0 Å². The van der Waals surface area contributed by atoms with E-state index in [2.05, 4.69) is 5.32 Å². The molecule has 2 N–H and O–H groups in total. The van der Waals surface area contributed by atoms with Crippen LogP contribution in [-0.2, 0) is 20.9 Å². The third kappa shape index (κ3) is 5.23. The summed E-state index contributed by atoms with van der Waals surface area (Å²) in [4.78, 5) is 23.0. The lowest BCUT2D eigenvalue weighted by Crippen LogP contribution is -2.41. The molecule has 0 amide bonds. The van der Waals surface area contributed by atoms with Crippen molar-refractivity contribution in [3.8, 4) is 0 Å². The molecule has 116 valence electrons. The Bertz CT molecular complexity index is 451. The molecule has 1 fully saturated rings. The number of hydrogen-bond donors (Lipinski definition) is 2. The molecule has 1 aliphatic carbocycles. The Labute approximate surface area is 123 Å². The van der Waals surface area contributed by atoms with Crippen molar-refractivity contribution in [1.29, 1.82) is 0 Å². The van der Waals surface area contributed by atoms with Gasteiger partial charge in [0.1, 0.15) is 17.9 Å². The average Bonchev–Trinajstić information content (AvgIpc) is 2.97. The van der Waals surface area contributed by atoms with E-state index in [1.165, 1.54) is 12.7 Å². The normalized spacial score (nSPS) is 17.3. The number of nitrogens with one attached hydrogen (secondary N) is 1. The largest absolute Gasteiger partial charge is 0.481 e. The van der Waals surface area contributed by atoms with Crippen molar-refractivity contribution in [2.24, 2.45) is 0 Å². The van der Waals surface area contributed by atoms with Crippen LogP contribution in [0.3, 0.4) is 0 Å². The molecule has 0 radical (unpaired) electrons. The summed E-state index contributed by atoms with van der Waals surface area (Å²) in [5, 5.41) is 11.8. The van der Waals surface area contributed by atoms with Gasteiger partial charge in [-0.3, -0.25) is 14.9 Å². The van der Waals surface area contributed by atoms with Crippen LogP contribution in [0.1, 0.15) is 44.3 Å². The standard InChI is InChI=1S/C15H21NO5/c17-14(18)9-13(16-10-12-7-4-8-20-12)15(19)21-11-5-2-1-3-6-11/h4,7-8,11,13,16H,1-3,5-6,9-10H2,(H,17,18)/t13-/m1/s1. The minimum absolute atomic E-state index is 0.0760. The molecule has 1 aromatic heterocycles. The molecule has 0 spiro atoms. The lowest BCUT2D eigenvalue weighted by Gasteiger charge is -2.24. The molecule has 6 nitrogen and oxygen atoms in total. The predicted molar refractivity (Wildman–Crippen MR) is 74.6 cm³/mol. The summed E-state index contributed by atoms with van der Waals surface area (Å²) in [5.41, 5.74) is 0. The van der Waals surface area contributed by atoms with Crippen LogP contribution in [-0.4, -0.2) is 29.2 Å². The first-order valence-electron chi connectivity index (χ1n) is 7.33. The highest BCUT2D eigenvalue weighted by atomic mass is 16.5. The second-order valence-electron chi connectivity index (χ2n) is 5.31. The van der Waals surface area contributed by atoms with Crippen LogP contribution >= 0.6 is 0 Å². The summed E-state index contributed by atoms with van der Waals surface area (Å²) < 4.78 is 10.6. The van der Waals surface area contributed by atoms with E-state index < -0.39 is 18.0 Å². The Kier molecular flexibility index (Phi) is 5.80. The number of ether oxygens (including phenoxy) is 1. The van der Waals surface area contributed by atoms with Crippen LogP contribution in [0, 0.1) is 0 Å². The molecule has 1 atom stereocenters. The molecular weight excluding hydrogens is 274 g/mol. The molecule has 0 saturated heterocycles. The molecule has 0 bridgehead atoms. The lowest BCUT2D eigenvalue weighted by molar-refractivity contribution is -0.156. The van der Waals surface area contributed by atoms with Crippen molar-refractivity contribution in [1.82, 2.24) is 5.32 Å². The topological polar surface area (TPSA) is 88.8 Å². The van der Waals surface area contributed by atoms with E-state index >= 15 is 0 Å². The van der Waals surface area contributed by atoms with Crippen LogP contribution < -0.4 is 5.32 Å². The third-order valence-corrected chi connectivity index (χ3v) is 3.60. The zero-order chi connectivity index (χ0) is 15.1. The average molecular weight is 295 g/mol. The van der Waals surface area contributed by atoms with Crippen molar-refractivity contribution in [3.63, 3.8) is 0 Å². The van der Waals surface area contributed by atoms with Gasteiger partial charge < -0.3 is 14.3 Å². The van der Waals surface area contributed by atoms with Gasteiger partial charge in [0.05, 0.1) is 19.2 Å². The molecule has 6 heteroatoms. The monoisotopic (exact) mass is 295 g/mol. The summed E-state index contributed by atoms with van der Waals surface area (Å²) in [6.07, 6.45) is 6.17. The van der Waals surface area contributed by atoms with Crippen LogP contribution in [0.15, 0.2) is 22.8 Å². The first-order chi connectivity index (χ1) is 10.1. The highest BCUT2D eigenvalue weighted by Gasteiger charge is 2.26. The smallest absolute Gasteiger partial charge is 0.324 e. The van der Waals surface area contributed by atoms with Crippen molar-refractivity contribution in [2.75, 3.05) is 0 Å². The summed E-state index contributed by atoms with van der Waals surface area (Å²) in [5.74, 6) is -0.876. The molecular formula is C15H21NO5. The summed E-state index contributed by atoms with van der Waals surface area (Å²) >= 11 is 0. The van der Waals surface area contributed by atoms with Crippen molar-refractivity contribution >= 4 is 11.9 Å². The van der Waals surface area contributed by atoms with E-state index in [1.807, 2.05) is 0 Å². The number of carbonyl (C=O) groups is 2. The Morgan fingerprint density at radius 1 is 1.38 bits per heavy atom. The van der Waals surface area contributed by atoms with Gasteiger partial charge in [-0.2, -0.15) is 0 Å². The van der Waals surface area contributed by atoms with E-state index in [9.17, 15) is 9.59 Å². The minimum Gasteiger partial charge on any atom is -0.481 e. The Balaban J connectivity index is 1.87. The van der Waals surface area contributed by atoms with E-state index in [4.69, 9.17) is 14.3 Å². The number of aliphatic carboxylic acids is 1. The van der Waals surface area contributed by atoms with Gasteiger partial charge in [0.25, 0.3) is 0 Å². The Morgan fingerprint density at radius 3 is 2.76 bits per heavy atom. The van der Waals surface area contributed by atoms with E-state index in [1.54, 1.807) is 12.1 Å². The van der Waals surface area contributed by atoms with E-state index in [0.717, 1.165) is 25.7 Å². The second-order valence-corrected chi connectivity index (χ2v) is 5.31. The number of carbonyl (C=O) groups excluding carboxylic acids is 1. The fourth-order valence-corrected chi connectivity index (χ4v) is 2.48. The lowest BCUT2D eigenvalue weighted by atomic mass is 9.98. The molecule has 0 aromatic carbocycles. The molecule has 1 aliphatic rings. The van der Waals surface area contributed by atoms with Gasteiger partial charge in [-0.05, 0) is 37.8 Å². The zero-order valence-corrected chi connectivity index (χ0v) is 11.9. The van der Waals surface area contributed by atoms with Crippen molar-refractivity contribution < 1.29 is 23.8 Å². The van der Waals surface area contributed by atoms with Gasteiger partial charge in [0.15, 0.2) is 0 Å². The maximum atomic E-state index is 12.1. The Morgan fingerprint density at radius 2 is 2.14 bits per heavy atom. The minimum atomic E-state index is -1.03. The number of hydrogen-bond acceptors (Lipinski definition) is 5. The second kappa shape index (κ2) is 7.83. The number of carboxylic acids is 1. The fraction of sp³-hybridized carbons (Fsp3) is 0.600. The van der Waals surface area contributed by atoms with Crippen molar-refractivity contribution in [2.45, 2.75) is 57.2 Å². The van der Waals surface area contributed by atoms with Gasteiger partial charge in [-0.25, -0.2) is 0 Å². The van der Waals surface area contributed by atoms with E-state index in [0.29, 0.717) is 12.3 Å². The molecule has 1 heterocycles. The highest BCUT2D eigenvalue weighted by molar-refractivity contribution is 5.82. The van der Waals surface area contributed by atoms with Gasteiger partial charge in [-0.1, -0.05) is 6.42 Å². The molecule has 0 aliphatic heterocycles. The number of furan rings is 1. The van der Waals surface area contributed by atoms with Crippen LogP contribution in [0.5, 0.6) is 0 Å². The highest BCUT2D eigenvalue weighted by Crippen LogP contribution is 2.21. The fourth-order valence-electron chi connectivity index (χ4n) is 2.48. The number of esters is 1. The summed E-state index contributed by atoms with van der Waals surface area (Å²) in [6, 6.07) is 2.65. The maximum Gasteiger partial charge on any atom is 0.324 e. The first-order valence-corrected chi connectivity index (χ1v) is 7.33. The van der Waals surface area contributed by atoms with Crippen LogP contribution in [0.4, 0.5) is 0 Å². The molecule has 21 heavy (non-hydrogen) atoms. The number of carboxylic acid groups (broad SMARTS) is 1. The summed E-state index contributed by atoms with van der Waals surface area (Å²) in [7, 11) is 0. The predicted octanol–water partition coefficient (Wildman–Crippen LogP) is 2.09. The molecule has 2 rings (SSSR count). The molecule has 1 aromatic rings. The van der Waals surface area contributed by atoms with Gasteiger partial charge in [0.2, 0.25) is 0 Å². The van der Waals surface area contributed by atoms with Crippen molar-refractivity contribution in [3.05, 3.63) is 24.2 Å². The van der Waals surface area contributed by atoms with Gasteiger partial charge >= 0.3 is 11.9 Å². The number of rotatable bonds is 7. The van der Waals surface area contributed by atoms with Gasteiger partial charge in [-0.15, -0.1) is 0 Å². The van der Waals surface area contributed by atoms with E-state index in [-0.39, 0.29) is 12.5 Å². The summed E-state index contributed by atoms with van der Waals surface area (Å²) in [6.45, 7) is 0.296. The van der Waals surface area contributed by atoms with Crippen LogP contribution in [0.25, 0.3) is 0 Å². The zero-order valence-electron chi connectivity index (χ0n) is 11.9. The maximum absolute atomic E-state index is 12.1. The molecule has 0 unspecified atom stereocenters. The Hall–Kier alpha value is -1.82. The SMILES string of the molecule is O=C(O)C[C@@H](NCc1ccco1)C(=O)OC1CCCCC1.